The van der Waals surface area contributed by atoms with Gasteiger partial charge in [0.05, 0.1) is 24.3 Å². The molecular formula is C23H21Cl2N5O3. The first-order valence-electron chi connectivity index (χ1n) is 10.3. The number of hydrogen-bond donors (Lipinski definition) is 2. The largest absolute Gasteiger partial charge is 0.493 e. The van der Waals surface area contributed by atoms with E-state index in [2.05, 4.69) is 15.4 Å². The molecule has 0 saturated carbocycles. The smallest absolute Gasteiger partial charge is 0.241 e. The van der Waals surface area contributed by atoms with Gasteiger partial charge < -0.3 is 20.5 Å². The maximum absolute atomic E-state index is 13.5. The van der Waals surface area contributed by atoms with Gasteiger partial charge in [-0.3, -0.25) is 4.79 Å². The molecule has 5 rings (SSSR count). The Kier molecular flexibility index (Phi) is 5.42. The number of Topliss-reactive ketones (excluding diaryl/α,β-unsaturated/α-hetero) is 1. The Balaban J connectivity index is 1.58. The summed E-state index contributed by atoms with van der Waals surface area (Å²) < 4.78 is 12.4. The fraction of sp³-hybridized carbons (Fsp3) is 0.261. The molecule has 3 aromatic rings. The quantitative estimate of drug-likeness (QED) is 0.556. The molecule has 2 aromatic carbocycles. The number of benzene rings is 2. The molecule has 0 unspecified atom stereocenters. The van der Waals surface area contributed by atoms with E-state index in [0.29, 0.717) is 45.9 Å². The number of nitrogens with zero attached hydrogens (tertiary/aromatic N) is 3. The van der Waals surface area contributed by atoms with Gasteiger partial charge in [-0.2, -0.15) is 4.98 Å². The molecule has 2 heterocycles. The molecule has 10 heteroatoms. The van der Waals surface area contributed by atoms with Gasteiger partial charge in [-0.25, -0.2) is 4.68 Å². The first-order valence-corrected chi connectivity index (χ1v) is 11.1. The number of nitrogens with one attached hydrogen (secondary N) is 1. The number of hydrogen-bond acceptors (Lipinski definition) is 7. The van der Waals surface area contributed by atoms with Crippen LogP contribution < -0.4 is 20.5 Å². The average molecular weight is 486 g/mol. The molecule has 1 aromatic heterocycles. The topological polar surface area (TPSA) is 104 Å². The Morgan fingerprint density at radius 2 is 1.79 bits per heavy atom. The molecule has 0 fully saturated rings. The number of nitrogens with two attached hydrogens (primary N) is 1. The van der Waals surface area contributed by atoms with Gasteiger partial charge in [0.25, 0.3) is 0 Å². The van der Waals surface area contributed by atoms with E-state index in [1.54, 1.807) is 31.0 Å². The summed E-state index contributed by atoms with van der Waals surface area (Å²) in [7, 11) is 3.19. The number of allylic oxidation sites excluding steroid dienone is 2. The van der Waals surface area contributed by atoms with E-state index >= 15 is 0 Å². The lowest BCUT2D eigenvalue weighted by molar-refractivity contribution is -0.116. The van der Waals surface area contributed by atoms with Crippen molar-refractivity contribution in [2.75, 3.05) is 25.3 Å². The number of carbonyl (C=O) groups is 1. The summed E-state index contributed by atoms with van der Waals surface area (Å²) in [6, 6.07) is 10.5. The summed E-state index contributed by atoms with van der Waals surface area (Å²) in [4.78, 5) is 17.8. The Bertz CT molecular complexity index is 1300. The molecule has 8 nitrogen and oxygen atoms in total. The van der Waals surface area contributed by atoms with E-state index < -0.39 is 6.04 Å². The van der Waals surface area contributed by atoms with E-state index in [1.165, 1.54) is 0 Å². The number of anilines is 2. The predicted octanol–water partition coefficient (Wildman–Crippen LogP) is 4.60. The van der Waals surface area contributed by atoms with Crippen LogP contribution in [0.2, 0.25) is 10.0 Å². The molecule has 0 spiro atoms. The fourth-order valence-electron chi connectivity index (χ4n) is 4.56. The van der Waals surface area contributed by atoms with Gasteiger partial charge in [0, 0.05) is 17.7 Å². The van der Waals surface area contributed by atoms with Crippen molar-refractivity contribution in [2.45, 2.75) is 24.8 Å². The van der Waals surface area contributed by atoms with E-state index in [-0.39, 0.29) is 17.6 Å². The van der Waals surface area contributed by atoms with Crippen molar-refractivity contribution in [2.24, 2.45) is 0 Å². The zero-order valence-corrected chi connectivity index (χ0v) is 19.4. The third kappa shape index (κ3) is 3.69. The number of nitrogen functional groups attached to an aromatic ring is 1. The van der Waals surface area contributed by atoms with Crippen molar-refractivity contribution >= 4 is 40.9 Å². The number of ketones is 1. The van der Waals surface area contributed by atoms with E-state index in [1.807, 2.05) is 24.3 Å². The summed E-state index contributed by atoms with van der Waals surface area (Å²) in [5.41, 5.74) is 9.09. The van der Waals surface area contributed by atoms with Crippen molar-refractivity contribution in [3.05, 3.63) is 68.8 Å². The zero-order chi connectivity index (χ0) is 23.3. The second-order valence-corrected chi connectivity index (χ2v) is 8.79. The van der Waals surface area contributed by atoms with Crippen molar-refractivity contribution in [3.8, 4) is 11.5 Å². The molecule has 0 bridgehead atoms. The predicted molar refractivity (Wildman–Crippen MR) is 126 cm³/mol. The van der Waals surface area contributed by atoms with Crippen LogP contribution in [-0.4, -0.2) is 34.8 Å². The number of fused-ring (bicyclic) bond motifs is 1. The fourth-order valence-corrected chi connectivity index (χ4v) is 4.87. The monoisotopic (exact) mass is 485 g/mol. The lowest BCUT2D eigenvalue weighted by Gasteiger charge is -2.35. The third-order valence-corrected chi connectivity index (χ3v) is 6.81. The molecule has 0 radical (unpaired) electrons. The Hall–Kier alpha value is -3.23. The van der Waals surface area contributed by atoms with E-state index in [0.717, 1.165) is 16.8 Å². The second-order valence-electron chi connectivity index (χ2n) is 7.97. The molecule has 2 atom stereocenters. The summed E-state index contributed by atoms with van der Waals surface area (Å²) in [5, 5.41) is 8.45. The summed E-state index contributed by atoms with van der Waals surface area (Å²) in [5.74, 6) is 1.83. The zero-order valence-electron chi connectivity index (χ0n) is 17.9. The standard InChI is InChI=1S/C23H21Cl2N5O3/c1-32-18-6-4-11(10-19(18)33-2)13-8-16-20(17(31)9-13)21(12-3-5-14(24)15(25)7-12)30-23(27-16)28-22(26)29-30/h3-7,10,13,21H,8-9H2,1-2H3,(H3,26,27,28,29)/t13-,21-/m0/s1. The number of methoxy groups -OCH3 is 2. The second kappa shape index (κ2) is 8.28. The maximum Gasteiger partial charge on any atom is 0.241 e. The van der Waals surface area contributed by atoms with Crippen LogP contribution in [0.3, 0.4) is 0 Å². The molecule has 170 valence electrons. The lowest BCUT2D eigenvalue weighted by Crippen LogP contribution is -2.33. The summed E-state index contributed by atoms with van der Waals surface area (Å²) in [6.45, 7) is 0. The Morgan fingerprint density at radius 3 is 2.52 bits per heavy atom. The molecule has 1 aliphatic carbocycles. The van der Waals surface area contributed by atoms with Crippen LogP contribution >= 0.6 is 23.2 Å². The van der Waals surface area contributed by atoms with E-state index in [4.69, 9.17) is 38.4 Å². The highest BCUT2D eigenvalue weighted by Crippen LogP contribution is 2.45. The van der Waals surface area contributed by atoms with Gasteiger partial charge >= 0.3 is 0 Å². The minimum atomic E-state index is -0.505. The average Bonchev–Trinajstić information content (AvgIpc) is 3.18. The van der Waals surface area contributed by atoms with Gasteiger partial charge in [-0.05, 0) is 47.7 Å². The molecule has 2 aliphatic rings. The number of rotatable bonds is 4. The molecule has 0 saturated heterocycles. The van der Waals surface area contributed by atoms with Crippen LogP contribution in [-0.2, 0) is 4.79 Å². The van der Waals surface area contributed by atoms with Crippen molar-refractivity contribution in [1.29, 1.82) is 0 Å². The van der Waals surface area contributed by atoms with Crippen molar-refractivity contribution in [3.63, 3.8) is 0 Å². The highest BCUT2D eigenvalue weighted by molar-refractivity contribution is 6.42. The maximum atomic E-state index is 13.5. The number of aromatic nitrogens is 3. The lowest BCUT2D eigenvalue weighted by atomic mass is 9.78. The Labute approximate surface area is 200 Å². The van der Waals surface area contributed by atoms with Gasteiger partial charge in [0.15, 0.2) is 17.3 Å². The summed E-state index contributed by atoms with van der Waals surface area (Å²) in [6.07, 6.45) is 0.953. The van der Waals surface area contributed by atoms with Crippen LogP contribution in [0.1, 0.15) is 35.9 Å². The molecule has 0 amide bonds. The molecular weight excluding hydrogens is 465 g/mol. The highest BCUT2D eigenvalue weighted by atomic mass is 35.5. The number of halogens is 2. The molecule has 1 aliphatic heterocycles. The van der Waals surface area contributed by atoms with E-state index in [9.17, 15) is 4.79 Å². The first kappa shape index (κ1) is 21.6. The number of carbonyl (C=O) groups excluding carboxylic acids is 1. The third-order valence-electron chi connectivity index (χ3n) is 6.07. The number of ether oxygens (including phenoxy) is 2. The molecule has 3 N–H and O–H groups in total. The SMILES string of the molecule is COc1ccc([C@@H]2CC(=O)C3=C(C2)Nc2nc(N)nn2[C@H]3c2ccc(Cl)c(Cl)c2)cc1OC. The first-order chi connectivity index (χ1) is 15.9. The van der Waals surface area contributed by atoms with Crippen LogP contribution in [0.25, 0.3) is 0 Å². The normalized spacial score (nSPS) is 19.6. The van der Waals surface area contributed by atoms with Gasteiger partial charge in [-0.15, -0.1) is 5.10 Å². The van der Waals surface area contributed by atoms with Gasteiger partial charge in [-0.1, -0.05) is 35.3 Å². The van der Waals surface area contributed by atoms with Crippen LogP contribution in [0.5, 0.6) is 11.5 Å². The van der Waals surface area contributed by atoms with Crippen LogP contribution in [0.4, 0.5) is 11.9 Å². The van der Waals surface area contributed by atoms with Gasteiger partial charge in [0.1, 0.15) is 6.04 Å². The Morgan fingerprint density at radius 1 is 1.03 bits per heavy atom. The molecule has 33 heavy (non-hydrogen) atoms. The van der Waals surface area contributed by atoms with Crippen LogP contribution in [0, 0.1) is 0 Å². The van der Waals surface area contributed by atoms with Gasteiger partial charge in [0.2, 0.25) is 11.9 Å². The van der Waals surface area contributed by atoms with Crippen molar-refractivity contribution in [1.82, 2.24) is 14.8 Å². The highest BCUT2D eigenvalue weighted by Gasteiger charge is 2.40. The minimum absolute atomic E-state index is 0.0133. The van der Waals surface area contributed by atoms with Crippen molar-refractivity contribution < 1.29 is 14.3 Å². The summed E-state index contributed by atoms with van der Waals surface area (Å²) >= 11 is 12.4. The van der Waals surface area contributed by atoms with Crippen LogP contribution in [0.15, 0.2) is 47.7 Å². The minimum Gasteiger partial charge on any atom is -0.493 e.